The molecule has 0 radical (unpaired) electrons. The predicted molar refractivity (Wildman–Crippen MR) is 129 cm³/mol. The zero-order chi connectivity index (χ0) is 25.5. The molecule has 2 aromatic carbocycles. The van der Waals surface area contributed by atoms with Crippen molar-refractivity contribution in [3.63, 3.8) is 0 Å². The highest BCUT2D eigenvalue weighted by atomic mass is 16.5. The second kappa shape index (κ2) is 11.6. The van der Waals surface area contributed by atoms with Crippen molar-refractivity contribution in [3.05, 3.63) is 52.9 Å². The van der Waals surface area contributed by atoms with Gasteiger partial charge in [0, 0.05) is 18.6 Å². The summed E-state index contributed by atoms with van der Waals surface area (Å²) in [7, 11) is 4.64. The van der Waals surface area contributed by atoms with Crippen LogP contribution in [-0.2, 0) is 22.6 Å². The van der Waals surface area contributed by atoms with E-state index in [9.17, 15) is 9.90 Å². The Morgan fingerprint density at radius 1 is 1.06 bits per heavy atom. The third kappa shape index (κ3) is 6.05. The number of ether oxygens (including phenoxy) is 5. The molecule has 0 amide bonds. The first-order chi connectivity index (χ1) is 16.8. The SMILES string of the molecule is CCOC(Cc1ccc(OCc2nc(-c3cc(OC)c(OC)c(OC)c3)oc2C)cc1C)C(=O)O. The minimum Gasteiger partial charge on any atom is -0.493 e. The van der Waals surface area contributed by atoms with Crippen molar-refractivity contribution in [1.82, 2.24) is 4.98 Å². The Morgan fingerprint density at radius 3 is 2.29 bits per heavy atom. The van der Waals surface area contributed by atoms with E-state index in [0.717, 1.165) is 11.1 Å². The molecular weight excluding hydrogens is 454 g/mol. The summed E-state index contributed by atoms with van der Waals surface area (Å²) in [5.41, 5.74) is 3.14. The lowest BCUT2D eigenvalue weighted by Crippen LogP contribution is -2.26. The van der Waals surface area contributed by atoms with Crippen LogP contribution >= 0.6 is 0 Å². The Kier molecular flexibility index (Phi) is 8.59. The smallest absolute Gasteiger partial charge is 0.333 e. The van der Waals surface area contributed by atoms with Crippen LogP contribution in [-0.4, -0.2) is 50.1 Å². The quantitative estimate of drug-likeness (QED) is 0.394. The molecule has 0 fully saturated rings. The highest BCUT2D eigenvalue weighted by Gasteiger charge is 2.20. The number of carboxylic acids is 1. The van der Waals surface area contributed by atoms with Crippen molar-refractivity contribution in [2.24, 2.45) is 0 Å². The van der Waals surface area contributed by atoms with Gasteiger partial charge in [-0.25, -0.2) is 9.78 Å². The number of nitrogens with zero attached hydrogens (tertiary/aromatic N) is 1. The molecule has 1 heterocycles. The summed E-state index contributed by atoms with van der Waals surface area (Å²) in [5, 5.41) is 9.33. The van der Waals surface area contributed by atoms with Gasteiger partial charge in [0.25, 0.3) is 0 Å². The van der Waals surface area contributed by atoms with Gasteiger partial charge in [0.05, 0.1) is 21.3 Å². The minimum atomic E-state index is -0.976. The molecule has 1 N–H and O–H groups in total. The summed E-state index contributed by atoms with van der Waals surface area (Å²) >= 11 is 0. The van der Waals surface area contributed by atoms with Crippen molar-refractivity contribution < 1.29 is 38.0 Å². The number of carbonyl (C=O) groups is 1. The number of hydrogen-bond donors (Lipinski definition) is 1. The van der Waals surface area contributed by atoms with Crippen molar-refractivity contribution in [2.75, 3.05) is 27.9 Å². The van der Waals surface area contributed by atoms with Gasteiger partial charge in [-0.2, -0.15) is 0 Å². The molecule has 9 nitrogen and oxygen atoms in total. The lowest BCUT2D eigenvalue weighted by molar-refractivity contribution is -0.149. The summed E-state index contributed by atoms with van der Waals surface area (Å²) < 4.78 is 33.3. The van der Waals surface area contributed by atoms with E-state index in [2.05, 4.69) is 4.98 Å². The zero-order valence-electron chi connectivity index (χ0n) is 20.8. The van der Waals surface area contributed by atoms with E-state index < -0.39 is 12.1 Å². The Morgan fingerprint density at radius 2 is 1.74 bits per heavy atom. The normalized spacial score (nSPS) is 11.7. The molecule has 35 heavy (non-hydrogen) atoms. The third-order valence-corrected chi connectivity index (χ3v) is 5.54. The van der Waals surface area contributed by atoms with Crippen LogP contribution in [0.1, 0.15) is 29.5 Å². The van der Waals surface area contributed by atoms with Gasteiger partial charge in [0.15, 0.2) is 17.6 Å². The average Bonchev–Trinajstić information content (AvgIpc) is 3.22. The van der Waals surface area contributed by atoms with E-state index in [1.165, 1.54) is 0 Å². The second-order valence-electron chi connectivity index (χ2n) is 7.80. The molecule has 0 spiro atoms. The van der Waals surface area contributed by atoms with Crippen LogP contribution in [0.25, 0.3) is 11.5 Å². The number of aryl methyl sites for hydroxylation is 2. The average molecular weight is 486 g/mol. The van der Waals surface area contributed by atoms with Gasteiger partial charge in [-0.1, -0.05) is 6.07 Å². The number of methoxy groups -OCH3 is 3. The maximum Gasteiger partial charge on any atom is 0.333 e. The second-order valence-corrected chi connectivity index (χ2v) is 7.80. The fourth-order valence-electron chi connectivity index (χ4n) is 3.65. The maximum atomic E-state index is 11.4. The van der Waals surface area contributed by atoms with Gasteiger partial charge in [-0.15, -0.1) is 0 Å². The molecule has 1 atom stereocenters. The van der Waals surface area contributed by atoms with Gasteiger partial charge in [-0.05, 0) is 56.2 Å². The first kappa shape index (κ1) is 25.9. The highest BCUT2D eigenvalue weighted by Crippen LogP contribution is 2.41. The van der Waals surface area contributed by atoms with Crippen LogP contribution in [0.4, 0.5) is 0 Å². The van der Waals surface area contributed by atoms with Crippen LogP contribution < -0.4 is 18.9 Å². The van der Waals surface area contributed by atoms with Crippen LogP contribution in [0, 0.1) is 13.8 Å². The predicted octanol–water partition coefficient (Wildman–Crippen LogP) is 4.60. The first-order valence-corrected chi connectivity index (χ1v) is 11.1. The molecule has 0 saturated heterocycles. The summed E-state index contributed by atoms with van der Waals surface area (Å²) in [6, 6.07) is 9.08. The van der Waals surface area contributed by atoms with E-state index in [1.54, 1.807) is 40.4 Å². The third-order valence-electron chi connectivity index (χ3n) is 5.54. The lowest BCUT2D eigenvalue weighted by Gasteiger charge is -2.15. The van der Waals surface area contributed by atoms with Gasteiger partial charge >= 0.3 is 5.97 Å². The molecule has 0 aliphatic heterocycles. The van der Waals surface area contributed by atoms with Crippen molar-refractivity contribution in [1.29, 1.82) is 0 Å². The standard InChI is InChI=1S/C26H31NO8/c1-7-33-23(26(28)29)11-17-8-9-19(10-15(17)2)34-14-20-16(3)35-25(27-20)18-12-21(30-4)24(32-6)22(13-18)31-5/h8-10,12-13,23H,7,11,14H2,1-6H3,(H,28,29). The molecule has 0 aliphatic carbocycles. The van der Waals surface area contributed by atoms with Gasteiger partial charge in [-0.3, -0.25) is 0 Å². The molecular formula is C26H31NO8. The highest BCUT2D eigenvalue weighted by molar-refractivity contribution is 5.73. The van der Waals surface area contributed by atoms with Gasteiger partial charge in [0.2, 0.25) is 11.6 Å². The van der Waals surface area contributed by atoms with Crippen LogP contribution in [0.15, 0.2) is 34.7 Å². The topological polar surface area (TPSA) is 109 Å². The lowest BCUT2D eigenvalue weighted by atomic mass is 10.0. The molecule has 9 heteroatoms. The van der Waals surface area contributed by atoms with Crippen molar-refractivity contribution >= 4 is 5.97 Å². The molecule has 188 valence electrons. The Balaban J connectivity index is 1.75. The number of hydrogen-bond acceptors (Lipinski definition) is 8. The molecule has 1 unspecified atom stereocenters. The largest absolute Gasteiger partial charge is 0.493 e. The van der Waals surface area contributed by atoms with E-state index in [-0.39, 0.29) is 13.0 Å². The number of benzene rings is 2. The van der Waals surface area contributed by atoms with Gasteiger partial charge < -0.3 is 33.2 Å². The van der Waals surface area contributed by atoms with Crippen LogP contribution in [0.5, 0.6) is 23.0 Å². The monoisotopic (exact) mass is 485 g/mol. The first-order valence-electron chi connectivity index (χ1n) is 11.1. The molecule has 0 bridgehead atoms. The van der Waals surface area contributed by atoms with Crippen molar-refractivity contribution in [3.8, 4) is 34.5 Å². The van der Waals surface area contributed by atoms with E-state index in [4.69, 9.17) is 28.1 Å². The summed E-state index contributed by atoms with van der Waals surface area (Å²) in [6.07, 6.45) is -0.590. The summed E-state index contributed by atoms with van der Waals surface area (Å²) in [5.74, 6) is 2.19. The zero-order valence-corrected chi connectivity index (χ0v) is 20.8. The fourth-order valence-corrected chi connectivity index (χ4v) is 3.65. The maximum absolute atomic E-state index is 11.4. The fraction of sp³-hybridized carbons (Fsp3) is 0.385. The number of aromatic nitrogens is 1. The molecule has 3 aromatic rings. The Labute approximate surface area is 204 Å². The van der Waals surface area contributed by atoms with E-state index >= 15 is 0 Å². The van der Waals surface area contributed by atoms with Crippen LogP contribution in [0.2, 0.25) is 0 Å². The number of rotatable bonds is 12. The van der Waals surface area contributed by atoms with E-state index in [0.29, 0.717) is 52.5 Å². The summed E-state index contributed by atoms with van der Waals surface area (Å²) in [6.45, 7) is 6.05. The van der Waals surface area contributed by atoms with Gasteiger partial charge in [0.1, 0.15) is 23.8 Å². The Hall–Kier alpha value is -3.72. The van der Waals surface area contributed by atoms with E-state index in [1.807, 2.05) is 32.0 Å². The minimum absolute atomic E-state index is 0.204. The van der Waals surface area contributed by atoms with Crippen molar-refractivity contribution in [2.45, 2.75) is 39.9 Å². The number of oxazole rings is 1. The molecule has 0 saturated carbocycles. The summed E-state index contributed by atoms with van der Waals surface area (Å²) in [4.78, 5) is 16.0. The number of carboxylic acid groups (broad SMARTS) is 1. The molecule has 3 rings (SSSR count). The Bertz CT molecular complexity index is 1150. The van der Waals surface area contributed by atoms with Crippen LogP contribution in [0.3, 0.4) is 0 Å². The molecule has 1 aromatic heterocycles. The number of aliphatic carboxylic acids is 1. The molecule has 0 aliphatic rings.